The molecule has 0 saturated carbocycles. The third kappa shape index (κ3) is 2.45. The molecule has 14 heavy (non-hydrogen) atoms. The van der Waals surface area contributed by atoms with Crippen LogP contribution in [0.5, 0.6) is 0 Å². The van der Waals surface area contributed by atoms with Gasteiger partial charge in [-0.3, -0.25) is 9.59 Å². The van der Waals surface area contributed by atoms with Gasteiger partial charge in [0.25, 0.3) is 0 Å². The summed E-state index contributed by atoms with van der Waals surface area (Å²) in [5.74, 6) is -1.41. The van der Waals surface area contributed by atoms with E-state index in [-0.39, 0.29) is 5.91 Å². The molecule has 1 aliphatic rings. The Labute approximate surface area is 82.9 Å². The number of likely N-dealkylation sites (tertiary alicyclic amines) is 1. The highest BCUT2D eigenvalue weighted by atomic mass is 16.4. The van der Waals surface area contributed by atoms with E-state index >= 15 is 0 Å². The predicted molar refractivity (Wildman–Crippen MR) is 50.6 cm³/mol. The summed E-state index contributed by atoms with van der Waals surface area (Å²) >= 11 is 0. The Kier molecular flexibility index (Phi) is 3.46. The monoisotopic (exact) mass is 200 g/mol. The second-order valence-electron chi connectivity index (χ2n) is 3.75. The van der Waals surface area contributed by atoms with Crippen LogP contribution in [0.3, 0.4) is 0 Å². The fourth-order valence-corrected chi connectivity index (χ4v) is 1.67. The first-order valence-corrected chi connectivity index (χ1v) is 4.79. The molecular formula is C9H16N2O3. The van der Waals surface area contributed by atoms with Crippen molar-refractivity contribution in [1.29, 1.82) is 0 Å². The molecule has 1 amide bonds. The topological polar surface area (TPSA) is 83.6 Å². The Morgan fingerprint density at radius 2 is 2.21 bits per heavy atom. The Balaban J connectivity index is 2.56. The smallest absolute Gasteiger partial charge is 0.308 e. The Hall–Kier alpha value is -1.10. The van der Waals surface area contributed by atoms with Gasteiger partial charge in [0, 0.05) is 13.1 Å². The fraction of sp³-hybridized carbons (Fsp3) is 0.778. The predicted octanol–water partition coefficient (Wildman–Crippen LogP) is -0.343. The average Bonchev–Trinajstić information content (AvgIpc) is 2.16. The maximum atomic E-state index is 11.5. The van der Waals surface area contributed by atoms with Crippen molar-refractivity contribution >= 4 is 11.9 Å². The van der Waals surface area contributed by atoms with Crippen LogP contribution in [0.15, 0.2) is 0 Å². The molecule has 2 atom stereocenters. The number of rotatable bonds is 2. The molecule has 3 N–H and O–H groups in total. The number of carboxylic acids is 1. The zero-order valence-electron chi connectivity index (χ0n) is 8.27. The highest BCUT2D eigenvalue weighted by molar-refractivity contribution is 5.82. The number of nitrogens with two attached hydrogens (primary N) is 1. The molecule has 1 aliphatic heterocycles. The molecule has 0 aromatic rings. The first kappa shape index (κ1) is 11.0. The van der Waals surface area contributed by atoms with Crippen LogP contribution < -0.4 is 5.73 Å². The molecule has 0 aromatic heterocycles. The zero-order valence-corrected chi connectivity index (χ0v) is 8.27. The van der Waals surface area contributed by atoms with Crippen molar-refractivity contribution in [3.05, 3.63) is 0 Å². The van der Waals surface area contributed by atoms with E-state index in [1.54, 1.807) is 11.8 Å². The van der Waals surface area contributed by atoms with Crippen LogP contribution in [0.25, 0.3) is 0 Å². The lowest BCUT2D eigenvalue weighted by atomic mass is 9.98. The third-order valence-electron chi connectivity index (χ3n) is 2.47. The van der Waals surface area contributed by atoms with Crippen molar-refractivity contribution in [1.82, 2.24) is 4.90 Å². The molecule has 1 unspecified atom stereocenters. The van der Waals surface area contributed by atoms with Crippen LogP contribution in [-0.2, 0) is 9.59 Å². The Bertz CT molecular complexity index is 240. The number of hydrogen-bond donors (Lipinski definition) is 2. The lowest BCUT2D eigenvalue weighted by Gasteiger charge is -2.31. The second-order valence-corrected chi connectivity index (χ2v) is 3.75. The Morgan fingerprint density at radius 3 is 2.71 bits per heavy atom. The summed E-state index contributed by atoms with van der Waals surface area (Å²) in [7, 11) is 0. The van der Waals surface area contributed by atoms with Crippen molar-refractivity contribution in [3.63, 3.8) is 0 Å². The highest BCUT2D eigenvalue weighted by Crippen LogP contribution is 2.16. The number of nitrogens with zero attached hydrogens (tertiary/aromatic N) is 1. The first-order chi connectivity index (χ1) is 6.52. The largest absolute Gasteiger partial charge is 0.481 e. The number of aliphatic carboxylic acids is 1. The van der Waals surface area contributed by atoms with Crippen LogP contribution in [0.1, 0.15) is 19.8 Å². The summed E-state index contributed by atoms with van der Waals surface area (Å²) in [5, 5.41) is 8.81. The van der Waals surface area contributed by atoms with Crippen molar-refractivity contribution in [2.24, 2.45) is 11.7 Å². The van der Waals surface area contributed by atoms with Gasteiger partial charge in [0.05, 0.1) is 12.0 Å². The van der Waals surface area contributed by atoms with E-state index in [1.807, 2.05) is 0 Å². The highest BCUT2D eigenvalue weighted by Gasteiger charge is 2.28. The molecular weight excluding hydrogens is 184 g/mol. The number of hydrogen-bond acceptors (Lipinski definition) is 3. The van der Waals surface area contributed by atoms with Gasteiger partial charge >= 0.3 is 5.97 Å². The van der Waals surface area contributed by atoms with Gasteiger partial charge < -0.3 is 15.7 Å². The van der Waals surface area contributed by atoms with Crippen molar-refractivity contribution in [2.75, 3.05) is 13.1 Å². The quantitative estimate of drug-likeness (QED) is 0.638. The maximum Gasteiger partial charge on any atom is 0.308 e. The minimum absolute atomic E-state index is 0.157. The van der Waals surface area contributed by atoms with Crippen LogP contribution in [0.4, 0.5) is 0 Å². The van der Waals surface area contributed by atoms with Gasteiger partial charge in [0.1, 0.15) is 0 Å². The number of carboxylic acid groups (broad SMARTS) is 1. The molecule has 1 heterocycles. The molecule has 5 heteroatoms. The molecule has 5 nitrogen and oxygen atoms in total. The molecule has 0 aliphatic carbocycles. The molecule has 0 radical (unpaired) electrons. The van der Waals surface area contributed by atoms with Gasteiger partial charge in [0.2, 0.25) is 5.91 Å². The van der Waals surface area contributed by atoms with E-state index in [0.717, 1.165) is 6.42 Å². The second kappa shape index (κ2) is 4.41. The molecule has 0 spiro atoms. The van der Waals surface area contributed by atoms with E-state index in [0.29, 0.717) is 19.5 Å². The van der Waals surface area contributed by atoms with Gasteiger partial charge in [0.15, 0.2) is 0 Å². The van der Waals surface area contributed by atoms with E-state index < -0.39 is 17.9 Å². The van der Waals surface area contributed by atoms with Gasteiger partial charge in [-0.1, -0.05) is 0 Å². The summed E-state index contributed by atoms with van der Waals surface area (Å²) < 4.78 is 0. The third-order valence-corrected chi connectivity index (χ3v) is 2.47. The summed E-state index contributed by atoms with van der Waals surface area (Å²) in [6.45, 7) is 2.55. The molecule has 1 saturated heterocycles. The van der Waals surface area contributed by atoms with Crippen LogP contribution >= 0.6 is 0 Å². The summed E-state index contributed by atoms with van der Waals surface area (Å²) in [6, 6.07) is -0.539. The molecule has 80 valence electrons. The fourth-order valence-electron chi connectivity index (χ4n) is 1.67. The summed E-state index contributed by atoms with van der Waals surface area (Å²) in [6.07, 6.45) is 1.40. The minimum atomic E-state index is -0.827. The van der Waals surface area contributed by atoms with Gasteiger partial charge in [-0.25, -0.2) is 0 Å². The maximum absolute atomic E-state index is 11.5. The van der Waals surface area contributed by atoms with Gasteiger partial charge in [-0.15, -0.1) is 0 Å². The molecule has 0 bridgehead atoms. The Morgan fingerprint density at radius 1 is 1.57 bits per heavy atom. The molecule has 1 fully saturated rings. The summed E-state index contributed by atoms with van der Waals surface area (Å²) in [4.78, 5) is 23.7. The van der Waals surface area contributed by atoms with Crippen molar-refractivity contribution in [2.45, 2.75) is 25.8 Å². The van der Waals surface area contributed by atoms with Crippen molar-refractivity contribution < 1.29 is 14.7 Å². The SMILES string of the molecule is CC(N)C(=O)N1CCC[C@H](C(=O)O)C1. The number of carbonyl (C=O) groups is 2. The number of piperidine rings is 1. The standard InChI is InChI=1S/C9H16N2O3/c1-6(10)8(12)11-4-2-3-7(5-11)9(13)14/h6-7H,2-5,10H2,1H3,(H,13,14)/t6?,7-/m0/s1. The van der Waals surface area contributed by atoms with Crippen molar-refractivity contribution in [3.8, 4) is 0 Å². The van der Waals surface area contributed by atoms with Crippen LogP contribution in [-0.4, -0.2) is 41.0 Å². The molecule has 1 rings (SSSR count). The number of carbonyl (C=O) groups excluding carboxylic acids is 1. The lowest BCUT2D eigenvalue weighted by molar-refractivity contribution is -0.145. The van der Waals surface area contributed by atoms with E-state index in [1.165, 1.54) is 0 Å². The summed E-state index contributed by atoms with van der Waals surface area (Å²) in [5.41, 5.74) is 5.45. The van der Waals surface area contributed by atoms with E-state index in [2.05, 4.69) is 0 Å². The number of amides is 1. The van der Waals surface area contributed by atoms with Gasteiger partial charge in [-0.05, 0) is 19.8 Å². The van der Waals surface area contributed by atoms with Gasteiger partial charge in [-0.2, -0.15) is 0 Å². The minimum Gasteiger partial charge on any atom is -0.481 e. The average molecular weight is 200 g/mol. The first-order valence-electron chi connectivity index (χ1n) is 4.79. The normalized spacial score (nSPS) is 24.4. The zero-order chi connectivity index (χ0) is 10.7. The lowest BCUT2D eigenvalue weighted by Crippen LogP contribution is -2.48. The van der Waals surface area contributed by atoms with Crippen LogP contribution in [0, 0.1) is 5.92 Å². The van der Waals surface area contributed by atoms with Crippen LogP contribution in [0.2, 0.25) is 0 Å². The van der Waals surface area contributed by atoms with E-state index in [4.69, 9.17) is 10.8 Å². The molecule has 0 aromatic carbocycles. The van der Waals surface area contributed by atoms with E-state index in [9.17, 15) is 9.59 Å².